The topological polar surface area (TPSA) is 38.3 Å². The molecule has 0 amide bonds. The first-order chi connectivity index (χ1) is 5.44. The SMILES string of the molecule is COC(=O)C1(C)CNCC1(F)F.Cl. The van der Waals surface area contributed by atoms with Gasteiger partial charge in [0.25, 0.3) is 5.92 Å². The Morgan fingerprint density at radius 3 is 2.31 bits per heavy atom. The summed E-state index contributed by atoms with van der Waals surface area (Å²) in [6, 6.07) is 0. The van der Waals surface area contributed by atoms with E-state index in [0.29, 0.717) is 0 Å². The van der Waals surface area contributed by atoms with Crippen molar-refractivity contribution >= 4 is 18.4 Å². The zero-order chi connectivity index (χ0) is 9.41. The first-order valence-electron chi connectivity index (χ1n) is 3.61. The second kappa shape index (κ2) is 3.75. The summed E-state index contributed by atoms with van der Waals surface area (Å²) in [5.41, 5.74) is -1.71. The predicted octanol–water partition coefficient (Wildman–Crippen LogP) is 0.826. The molecule has 1 heterocycles. The van der Waals surface area contributed by atoms with E-state index in [1.54, 1.807) is 0 Å². The first-order valence-corrected chi connectivity index (χ1v) is 3.61. The van der Waals surface area contributed by atoms with Gasteiger partial charge in [-0.15, -0.1) is 12.4 Å². The predicted molar refractivity (Wildman–Crippen MR) is 45.2 cm³/mol. The van der Waals surface area contributed by atoms with Crippen LogP contribution >= 0.6 is 12.4 Å². The van der Waals surface area contributed by atoms with Gasteiger partial charge in [-0.05, 0) is 6.92 Å². The summed E-state index contributed by atoms with van der Waals surface area (Å²) in [6.07, 6.45) is 0. The summed E-state index contributed by atoms with van der Waals surface area (Å²) >= 11 is 0. The third-order valence-corrected chi connectivity index (χ3v) is 2.27. The standard InChI is InChI=1S/C7H11F2NO2.ClH/c1-6(5(11)12-2)3-10-4-7(6,8)9;/h10H,3-4H2,1-2H3;1H. The van der Waals surface area contributed by atoms with Gasteiger partial charge in [0.15, 0.2) is 0 Å². The van der Waals surface area contributed by atoms with E-state index in [0.717, 1.165) is 7.11 Å². The lowest BCUT2D eigenvalue weighted by atomic mass is 9.86. The number of ether oxygens (including phenoxy) is 1. The highest BCUT2D eigenvalue weighted by Crippen LogP contribution is 2.40. The van der Waals surface area contributed by atoms with Gasteiger partial charge >= 0.3 is 5.97 Å². The molecule has 0 aliphatic carbocycles. The Labute approximate surface area is 81.2 Å². The molecule has 0 aromatic carbocycles. The molecule has 1 rings (SSSR count). The van der Waals surface area contributed by atoms with Crippen molar-refractivity contribution in [2.75, 3.05) is 20.2 Å². The van der Waals surface area contributed by atoms with E-state index in [-0.39, 0.29) is 19.0 Å². The third kappa shape index (κ3) is 1.76. The van der Waals surface area contributed by atoms with E-state index in [1.807, 2.05) is 0 Å². The Kier molecular flexibility index (Phi) is 3.63. The minimum absolute atomic E-state index is 0. The molecule has 13 heavy (non-hydrogen) atoms. The summed E-state index contributed by atoms with van der Waals surface area (Å²) in [5, 5.41) is 2.47. The highest BCUT2D eigenvalue weighted by Gasteiger charge is 2.59. The fraction of sp³-hybridized carbons (Fsp3) is 0.857. The van der Waals surface area contributed by atoms with Crippen LogP contribution < -0.4 is 5.32 Å². The van der Waals surface area contributed by atoms with Gasteiger partial charge in [-0.1, -0.05) is 0 Å². The summed E-state index contributed by atoms with van der Waals surface area (Å²) in [4.78, 5) is 11.0. The Balaban J connectivity index is 0.00000144. The fourth-order valence-electron chi connectivity index (χ4n) is 1.24. The number of esters is 1. The van der Waals surface area contributed by atoms with Gasteiger partial charge in [0.1, 0.15) is 5.41 Å². The van der Waals surface area contributed by atoms with Crippen LogP contribution in [0.25, 0.3) is 0 Å². The fourth-order valence-corrected chi connectivity index (χ4v) is 1.24. The van der Waals surface area contributed by atoms with E-state index >= 15 is 0 Å². The number of carbonyl (C=O) groups excluding carboxylic acids is 1. The molecule has 78 valence electrons. The molecule has 0 aromatic heterocycles. The molecule has 1 saturated heterocycles. The number of halogens is 3. The van der Waals surface area contributed by atoms with Crippen molar-refractivity contribution in [2.24, 2.45) is 5.41 Å². The zero-order valence-corrected chi connectivity index (χ0v) is 8.21. The molecule has 1 atom stereocenters. The monoisotopic (exact) mass is 215 g/mol. The van der Waals surface area contributed by atoms with E-state index < -0.39 is 23.9 Å². The van der Waals surface area contributed by atoms with Crippen LogP contribution in [0.3, 0.4) is 0 Å². The maximum absolute atomic E-state index is 13.1. The summed E-state index contributed by atoms with van der Waals surface area (Å²) in [7, 11) is 1.11. The van der Waals surface area contributed by atoms with E-state index in [9.17, 15) is 13.6 Å². The van der Waals surface area contributed by atoms with Crippen LogP contribution in [0, 0.1) is 5.41 Å². The number of nitrogens with one attached hydrogen (secondary N) is 1. The molecule has 1 unspecified atom stereocenters. The normalized spacial score (nSPS) is 30.8. The maximum Gasteiger partial charge on any atom is 0.319 e. The first kappa shape index (κ1) is 12.6. The molecule has 1 fully saturated rings. The van der Waals surface area contributed by atoms with Gasteiger partial charge in [-0.2, -0.15) is 0 Å². The van der Waals surface area contributed by atoms with Gasteiger partial charge in [0, 0.05) is 6.54 Å². The van der Waals surface area contributed by atoms with Gasteiger partial charge < -0.3 is 10.1 Å². The smallest absolute Gasteiger partial charge is 0.319 e. The average Bonchev–Trinajstić information content (AvgIpc) is 2.26. The van der Waals surface area contributed by atoms with Gasteiger partial charge in [-0.25, -0.2) is 8.78 Å². The van der Waals surface area contributed by atoms with Crippen LogP contribution in [0.5, 0.6) is 0 Å². The quantitative estimate of drug-likeness (QED) is 0.659. The van der Waals surface area contributed by atoms with Crippen LogP contribution in [-0.2, 0) is 9.53 Å². The second-order valence-corrected chi connectivity index (χ2v) is 3.13. The lowest BCUT2D eigenvalue weighted by Gasteiger charge is -2.26. The van der Waals surface area contributed by atoms with Gasteiger partial charge in [0.05, 0.1) is 13.7 Å². The van der Waals surface area contributed by atoms with Crippen molar-refractivity contribution in [1.82, 2.24) is 5.32 Å². The largest absolute Gasteiger partial charge is 0.468 e. The highest BCUT2D eigenvalue weighted by molar-refractivity contribution is 5.85. The molecule has 1 N–H and O–H groups in total. The van der Waals surface area contributed by atoms with Crippen molar-refractivity contribution in [3.8, 4) is 0 Å². The Hall–Kier alpha value is -0.420. The molecule has 0 aromatic rings. The van der Waals surface area contributed by atoms with E-state index in [4.69, 9.17) is 0 Å². The van der Waals surface area contributed by atoms with Crippen LogP contribution in [0.4, 0.5) is 8.78 Å². The zero-order valence-electron chi connectivity index (χ0n) is 7.39. The number of rotatable bonds is 1. The number of alkyl halides is 2. The maximum atomic E-state index is 13.1. The molecule has 6 heteroatoms. The molecule has 1 aliphatic heterocycles. The number of hydrogen-bond donors (Lipinski definition) is 1. The Bertz CT molecular complexity index is 213. The summed E-state index contributed by atoms with van der Waals surface area (Å²) in [6.45, 7) is 0.712. The van der Waals surface area contributed by atoms with Crippen molar-refractivity contribution in [1.29, 1.82) is 0 Å². The molecule has 0 radical (unpaired) electrons. The number of methoxy groups -OCH3 is 1. The third-order valence-electron chi connectivity index (χ3n) is 2.27. The molecule has 0 spiro atoms. The second-order valence-electron chi connectivity index (χ2n) is 3.13. The van der Waals surface area contributed by atoms with E-state index in [1.165, 1.54) is 6.92 Å². The van der Waals surface area contributed by atoms with Gasteiger partial charge in [-0.3, -0.25) is 4.79 Å². The van der Waals surface area contributed by atoms with E-state index in [2.05, 4.69) is 10.1 Å². The van der Waals surface area contributed by atoms with Crippen molar-refractivity contribution in [3.63, 3.8) is 0 Å². The van der Waals surface area contributed by atoms with Crippen molar-refractivity contribution in [3.05, 3.63) is 0 Å². The number of hydrogen-bond acceptors (Lipinski definition) is 3. The molecule has 1 aliphatic rings. The lowest BCUT2D eigenvalue weighted by Crippen LogP contribution is -2.44. The number of carbonyl (C=O) groups is 1. The minimum Gasteiger partial charge on any atom is -0.468 e. The van der Waals surface area contributed by atoms with Crippen molar-refractivity contribution < 1.29 is 18.3 Å². The Morgan fingerprint density at radius 2 is 2.00 bits per heavy atom. The Morgan fingerprint density at radius 1 is 1.46 bits per heavy atom. The van der Waals surface area contributed by atoms with Crippen molar-refractivity contribution in [2.45, 2.75) is 12.8 Å². The molecule has 0 bridgehead atoms. The lowest BCUT2D eigenvalue weighted by molar-refractivity contribution is -0.169. The molecule has 3 nitrogen and oxygen atoms in total. The average molecular weight is 216 g/mol. The van der Waals surface area contributed by atoms with Crippen LogP contribution in [0.2, 0.25) is 0 Å². The molecule has 0 saturated carbocycles. The van der Waals surface area contributed by atoms with Crippen LogP contribution in [0.1, 0.15) is 6.92 Å². The highest BCUT2D eigenvalue weighted by atomic mass is 35.5. The van der Waals surface area contributed by atoms with Crippen LogP contribution in [0.15, 0.2) is 0 Å². The summed E-state index contributed by atoms with van der Waals surface area (Å²) < 4.78 is 30.4. The molecular formula is C7H12ClF2NO2. The minimum atomic E-state index is -3.01. The van der Waals surface area contributed by atoms with Crippen LogP contribution in [-0.4, -0.2) is 32.1 Å². The summed E-state index contributed by atoms with van der Waals surface area (Å²) in [5.74, 6) is -3.88. The molecular weight excluding hydrogens is 204 g/mol. The van der Waals surface area contributed by atoms with Gasteiger partial charge in [0.2, 0.25) is 0 Å².